The summed E-state index contributed by atoms with van der Waals surface area (Å²) in [6, 6.07) is 13.1. The highest BCUT2D eigenvalue weighted by atomic mass is 32.2. The molecule has 3 N–H and O–H groups in total. The van der Waals surface area contributed by atoms with Gasteiger partial charge in [0, 0.05) is 44.4 Å². The largest absolute Gasteiger partial charge is 0.492 e. The van der Waals surface area contributed by atoms with Crippen molar-refractivity contribution in [3.8, 4) is 5.75 Å². The zero-order valence-corrected chi connectivity index (χ0v) is 25.2. The fourth-order valence-corrected chi connectivity index (χ4v) is 6.15. The summed E-state index contributed by atoms with van der Waals surface area (Å²) in [6.45, 7) is 9.52. The highest BCUT2D eigenvalue weighted by molar-refractivity contribution is 7.99. The van der Waals surface area contributed by atoms with Gasteiger partial charge < -0.3 is 19.3 Å². The number of fused-ring (bicyclic) bond motifs is 1. The number of benzene rings is 2. The molecule has 2 aromatic carbocycles. The molecule has 4 rings (SSSR count). The average Bonchev–Trinajstić information content (AvgIpc) is 3.22. The molecule has 0 radical (unpaired) electrons. The number of piperidine rings is 1. The van der Waals surface area contributed by atoms with Crippen LogP contribution in [0.5, 0.6) is 5.75 Å². The Balaban J connectivity index is 1.62. The van der Waals surface area contributed by atoms with E-state index in [4.69, 9.17) is 4.74 Å². The second kappa shape index (κ2) is 12.2. The molecule has 0 unspecified atom stereocenters. The van der Waals surface area contributed by atoms with Crippen LogP contribution in [0.25, 0.3) is 10.9 Å². The molecule has 2 heterocycles. The Morgan fingerprint density at radius 3 is 2.42 bits per heavy atom. The van der Waals surface area contributed by atoms with E-state index in [1.165, 1.54) is 17.5 Å². The minimum Gasteiger partial charge on any atom is -0.492 e. The predicted molar refractivity (Wildman–Crippen MR) is 165 cm³/mol. The van der Waals surface area contributed by atoms with Crippen LogP contribution in [0.15, 0.2) is 36.4 Å². The van der Waals surface area contributed by atoms with Gasteiger partial charge in [0.25, 0.3) is 5.91 Å². The van der Waals surface area contributed by atoms with Crippen LogP contribution in [-0.2, 0) is 19.0 Å². The zero-order chi connectivity index (χ0) is 27.4. The molecule has 38 heavy (non-hydrogen) atoms. The second-order valence-electron chi connectivity index (χ2n) is 10.9. The van der Waals surface area contributed by atoms with Crippen molar-refractivity contribution >= 4 is 52.1 Å². The summed E-state index contributed by atoms with van der Waals surface area (Å²) in [6.07, 6.45) is 6.37. The normalized spacial score (nSPS) is 15.1. The summed E-state index contributed by atoms with van der Waals surface area (Å²) < 4.78 is 14.6. The van der Waals surface area contributed by atoms with Crippen molar-refractivity contribution < 1.29 is 9.53 Å². The number of nitrogens with zero attached hydrogens (tertiary/aromatic N) is 2. The second-order valence-corrected chi connectivity index (χ2v) is 12.2. The third-order valence-corrected chi connectivity index (χ3v) is 8.25. The van der Waals surface area contributed by atoms with E-state index in [0.717, 1.165) is 54.6 Å². The monoisotopic (exact) mass is 555 g/mol. The van der Waals surface area contributed by atoms with Gasteiger partial charge in [-0.05, 0) is 53.8 Å². The van der Waals surface area contributed by atoms with Crippen LogP contribution in [-0.4, -0.2) is 54.1 Å². The van der Waals surface area contributed by atoms with Crippen LogP contribution in [0.1, 0.15) is 55.2 Å². The van der Waals surface area contributed by atoms with Gasteiger partial charge in [0.1, 0.15) is 5.69 Å². The van der Waals surface area contributed by atoms with Gasteiger partial charge in [0.2, 0.25) is 0 Å². The molecule has 0 atom stereocenters. The molecule has 0 spiro atoms. The predicted octanol–water partition coefficient (Wildman–Crippen LogP) is 6.26. The maximum atomic E-state index is 13.7. The minimum absolute atomic E-state index is 0.0882. The summed E-state index contributed by atoms with van der Waals surface area (Å²) in [5.74, 6) is 0.470. The number of anilines is 2. The summed E-state index contributed by atoms with van der Waals surface area (Å²) in [5.41, 5.74) is 5.52. The third kappa shape index (κ3) is 6.28. The fraction of sp³-hybridized carbons (Fsp3) is 0.483. The number of aryl methyl sites for hydroxylation is 1. The lowest BCUT2D eigenvalue weighted by Gasteiger charge is -2.32. The highest BCUT2D eigenvalue weighted by Gasteiger charge is 2.24. The topological polar surface area (TPSA) is 70.6 Å². The first kappa shape index (κ1) is 28.7. The maximum Gasteiger partial charge on any atom is 0.272 e. The van der Waals surface area contributed by atoms with Crippen molar-refractivity contribution in [3.63, 3.8) is 0 Å². The van der Waals surface area contributed by atoms with Gasteiger partial charge in [0.05, 0.1) is 24.0 Å². The van der Waals surface area contributed by atoms with Gasteiger partial charge >= 0.3 is 0 Å². The first-order chi connectivity index (χ1) is 18.2. The number of methoxy groups -OCH3 is 1. The van der Waals surface area contributed by atoms with Crippen LogP contribution in [0.2, 0.25) is 0 Å². The number of para-hydroxylation sites is 1. The van der Waals surface area contributed by atoms with Gasteiger partial charge in [-0.2, -0.15) is 0 Å². The van der Waals surface area contributed by atoms with Gasteiger partial charge in [-0.15, -0.1) is 0 Å². The van der Waals surface area contributed by atoms with Crippen LogP contribution in [0.4, 0.5) is 11.4 Å². The van der Waals surface area contributed by atoms with Gasteiger partial charge in [-0.1, -0.05) is 62.9 Å². The molecule has 7 nitrogen and oxygen atoms in total. The van der Waals surface area contributed by atoms with E-state index in [1.54, 1.807) is 19.1 Å². The number of carbonyl (C=O) groups excluding carboxylic acids is 1. The van der Waals surface area contributed by atoms with Gasteiger partial charge in [-0.25, -0.2) is 0 Å². The van der Waals surface area contributed by atoms with Crippen LogP contribution < -0.4 is 19.5 Å². The fourth-order valence-electron chi connectivity index (χ4n) is 5.21. The molecule has 1 aromatic heterocycles. The number of rotatable bonds is 9. The first-order valence-corrected chi connectivity index (χ1v) is 15.5. The van der Waals surface area contributed by atoms with Gasteiger partial charge in [0.15, 0.2) is 5.75 Å². The van der Waals surface area contributed by atoms with Crippen molar-refractivity contribution in [2.24, 2.45) is 7.05 Å². The summed E-state index contributed by atoms with van der Waals surface area (Å²) in [5, 5.41) is 4.23. The van der Waals surface area contributed by atoms with Crippen molar-refractivity contribution in [2.75, 3.05) is 42.7 Å². The molecule has 0 aliphatic carbocycles. The zero-order valence-electron chi connectivity index (χ0n) is 23.6. The van der Waals surface area contributed by atoms with E-state index in [1.807, 2.05) is 30.0 Å². The Morgan fingerprint density at radius 1 is 1.08 bits per heavy atom. The lowest BCUT2D eigenvalue weighted by atomic mass is 9.86. The van der Waals surface area contributed by atoms with Crippen LogP contribution >= 0.6 is 23.9 Å². The van der Waals surface area contributed by atoms with E-state index < -0.39 is 0 Å². The number of likely N-dealkylation sites (tertiary alicyclic amines) is 1. The summed E-state index contributed by atoms with van der Waals surface area (Å²) >= 11 is 3.20. The van der Waals surface area contributed by atoms with E-state index in [-0.39, 0.29) is 11.3 Å². The van der Waals surface area contributed by atoms with E-state index in [0.29, 0.717) is 23.2 Å². The molecule has 1 amide bonds. The molecule has 1 saturated heterocycles. The van der Waals surface area contributed by atoms with E-state index in [2.05, 4.69) is 71.0 Å². The molecule has 9 heteroatoms. The SMILES string of the molecule is COc1c(NSC)cc(C(C)(C)C)cc1NC(=O)c1cc2cccc(CN3CCC(NSC)CC3)c2n1C. The van der Waals surface area contributed by atoms with Crippen LogP contribution in [0.3, 0.4) is 0 Å². The number of carbonyl (C=O) groups is 1. The number of hydrogen-bond acceptors (Lipinski definition) is 7. The lowest BCUT2D eigenvalue weighted by molar-refractivity contribution is 0.101. The smallest absolute Gasteiger partial charge is 0.272 e. The molecular weight excluding hydrogens is 514 g/mol. The van der Waals surface area contributed by atoms with Crippen molar-refractivity contribution in [2.45, 2.75) is 51.6 Å². The number of hydrogen-bond donors (Lipinski definition) is 3. The number of nitrogens with one attached hydrogen (secondary N) is 3. The van der Waals surface area contributed by atoms with Crippen LogP contribution in [0, 0.1) is 0 Å². The molecule has 206 valence electrons. The average molecular weight is 556 g/mol. The number of aromatic nitrogens is 1. The molecule has 3 aromatic rings. The maximum absolute atomic E-state index is 13.7. The van der Waals surface area contributed by atoms with Crippen molar-refractivity contribution in [1.82, 2.24) is 14.2 Å². The lowest BCUT2D eigenvalue weighted by Crippen LogP contribution is -2.40. The molecule has 1 aliphatic heterocycles. The highest BCUT2D eigenvalue weighted by Crippen LogP contribution is 2.40. The quantitative estimate of drug-likeness (QED) is 0.269. The Kier molecular flexibility index (Phi) is 9.23. The standard InChI is InChI=1S/C29H41N5O2S2/c1-29(2,3)21-16-23(27(36-5)24(17-21)32-38-7)30-28(35)25-15-19-9-8-10-20(26(19)33(25)4)18-34-13-11-22(12-14-34)31-37-6/h8-10,15-17,22,31-32H,11-14,18H2,1-7H3,(H,30,35). The molecule has 1 fully saturated rings. The summed E-state index contributed by atoms with van der Waals surface area (Å²) in [4.78, 5) is 16.2. The van der Waals surface area contributed by atoms with E-state index >= 15 is 0 Å². The molecule has 0 saturated carbocycles. The van der Waals surface area contributed by atoms with E-state index in [9.17, 15) is 4.79 Å². The molecular formula is C29H41N5O2S2. The molecule has 0 bridgehead atoms. The number of amides is 1. The minimum atomic E-state index is -0.155. The van der Waals surface area contributed by atoms with Crippen molar-refractivity contribution in [1.29, 1.82) is 0 Å². The van der Waals surface area contributed by atoms with Gasteiger partial charge in [-0.3, -0.25) is 14.4 Å². The molecule has 1 aliphatic rings. The Bertz CT molecular complexity index is 1280. The first-order valence-electron chi connectivity index (χ1n) is 13.1. The number of ether oxygens (including phenoxy) is 1. The Labute approximate surface area is 235 Å². The Morgan fingerprint density at radius 2 is 1.79 bits per heavy atom. The third-order valence-electron chi connectivity index (χ3n) is 7.26. The Hall–Kier alpha value is -2.33. The summed E-state index contributed by atoms with van der Waals surface area (Å²) in [7, 11) is 3.62. The van der Waals surface area contributed by atoms with Crippen molar-refractivity contribution in [3.05, 3.63) is 53.2 Å².